The summed E-state index contributed by atoms with van der Waals surface area (Å²) in [4.78, 5) is 23.3. The molecule has 108 valence electrons. The summed E-state index contributed by atoms with van der Waals surface area (Å²) < 4.78 is 0. The van der Waals surface area contributed by atoms with Gasteiger partial charge in [0.25, 0.3) is 0 Å². The lowest BCUT2D eigenvalue weighted by atomic mass is 9.84. The summed E-state index contributed by atoms with van der Waals surface area (Å²) in [6.45, 7) is 2.22. The highest BCUT2D eigenvalue weighted by Gasteiger charge is 2.38. The quantitative estimate of drug-likeness (QED) is 0.822. The second kappa shape index (κ2) is 6.40. The van der Waals surface area contributed by atoms with Crippen molar-refractivity contribution in [1.29, 1.82) is 0 Å². The lowest BCUT2D eigenvalue weighted by molar-refractivity contribution is -0.146. The zero-order valence-electron chi connectivity index (χ0n) is 11.7. The molecule has 0 saturated heterocycles. The molecule has 2 aliphatic carbocycles. The van der Waals surface area contributed by atoms with Crippen LogP contribution in [0, 0.1) is 17.8 Å². The molecule has 2 aliphatic rings. The lowest BCUT2D eigenvalue weighted by Crippen LogP contribution is -2.42. The molecule has 19 heavy (non-hydrogen) atoms. The number of aliphatic carboxylic acids is 1. The predicted molar refractivity (Wildman–Crippen MR) is 72.6 cm³/mol. The maximum atomic E-state index is 12.2. The first-order valence-corrected chi connectivity index (χ1v) is 7.65. The van der Waals surface area contributed by atoms with Crippen LogP contribution in [-0.4, -0.2) is 23.0 Å². The fourth-order valence-corrected chi connectivity index (χ4v) is 3.59. The number of carbonyl (C=O) groups is 2. The second-order valence-corrected chi connectivity index (χ2v) is 6.12. The molecule has 0 bridgehead atoms. The Kier molecular flexibility index (Phi) is 4.83. The van der Waals surface area contributed by atoms with E-state index in [1.165, 1.54) is 19.3 Å². The number of carboxylic acids is 1. The number of amides is 1. The third kappa shape index (κ3) is 3.48. The van der Waals surface area contributed by atoms with Crippen molar-refractivity contribution in [2.24, 2.45) is 17.8 Å². The molecule has 0 aromatic heterocycles. The molecular formula is C15H25NO3. The van der Waals surface area contributed by atoms with E-state index in [4.69, 9.17) is 5.11 Å². The smallest absolute Gasteiger partial charge is 0.307 e. The van der Waals surface area contributed by atoms with Gasteiger partial charge in [0.1, 0.15) is 0 Å². The van der Waals surface area contributed by atoms with Crippen LogP contribution in [-0.2, 0) is 9.59 Å². The van der Waals surface area contributed by atoms with Crippen LogP contribution < -0.4 is 5.32 Å². The van der Waals surface area contributed by atoms with Gasteiger partial charge in [-0.15, -0.1) is 0 Å². The van der Waals surface area contributed by atoms with E-state index in [0.29, 0.717) is 6.42 Å². The van der Waals surface area contributed by atoms with Crippen LogP contribution in [0.3, 0.4) is 0 Å². The average molecular weight is 267 g/mol. The first kappa shape index (κ1) is 14.4. The van der Waals surface area contributed by atoms with E-state index in [9.17, 15) is 9.59 Å². The van der Waals surface area contributed by atoms with E-state index in [1.54, 1.807) is 0 Å². The first-order chi connectivity index (χ1) is 9.11. The zero-order chi connectivity index (χ0) is 13.8. The molecular weight excluding hydrogens is 242 g/mol. The summed E-state index contributed by atoms with van der Waals surface area (Å²) in [5.74, 6) is -0.794. The molecule has 4 heteroatoms. The molecule has 0 aromatic rings. The summed E-state index contributed by atoms with van der Waals surface area (Å²) in [6.07, 6.45) is 7.94. The Hall–Kier alpha value is -1.06. The van der Waals surface area contributed by atoms with E-state index < -0.39 is 11.9 Å². The normalized spacial score (nSPS) is 35.0. The van der Waals surface area contributed by atoms with Crippen LogP contribution in [0.5, 0.6) is 0 Å². The first-order valence-electron chi connectivity index (χ1n) is 7.65. The maximum Gasteiger partial charge on any atom is 0.307 e. The van der Waals surface area contributed by atoms with Gasteiger partial charge in [0, 0.05) is 6.04 Å². The number of carbonyl (C=O) groups excluding carboxylic acids is 1. The van der Waals surface area contributed by atoms with Crippen molar-refractivity contribution < 1.29 is 14.7 Å². The minimum Gasteiger partial charge on any atom is -0.481 e. The molecule has 2 N–H and O–H groups in total. The number of carboxylic acid groups (broad SMARTS) is 1. The molecule has 2 atom stereocenters. The Morgan fingerprint density at radius 3 is 2.26 bits per heavy atom. The van der Waals surface area contributed by atoms with Crippen molar-refractivity contribution >= 4 is 11.9 Å². The second-order valence-electron chi connectivity index (χ2n) is 6.12. The van der Waals surface area contributed by atoms with Gasteiger partial charge in [-0.3, -0.25) is 9.59 Å². The Bertz CT molecular complexity index is 334. The van der Waals surface area contributed by atoms with Gasteiger partial charge in [0.2, 0.25) is 5.91 Å². The largest absolute Gasteiger partial charge is 0.481 e. The molecule has 0 radical (unpaired) electrons. The molecule has 2 fully saturated rings. The van der Waals surface area contributed by atoms with Crippen LogP contribution in [0.15, 0.2) is 0 Å². The summed E-state index contributed by atoms with van der Waals surface area (Å²) in [5.41, 5.74) is 0. The minimum absolute atomic E-state index is 0.0233. The van der Waals surface area contributed by atoms with Crippen LogP contribution in [0.25, 0.3) is 0 Å². The molecule has 4 nitrogen and oxygen atoms in total. The Balaban J connectivity index is 1.82. The van der Waals surface area contributed by atoms with Crippen LogP contribution in [0.2, 0.25) is 0 Å². The predicted octanol–water partition coefficient (Wildman–Crippen LogP) is 2.57. The number of hydrogen-bond acceptors (Lipinski definition) is 2. The molecule has 0 heterocycles. The van der Waals surface area contributed by atoms with Gasteiger partial charge >= 0.3 is 5.97 Å². The molecule has 1 amide bonds. The minimum atomic E-state index is -0.813. The van der Waals surface area contributed by atoms with Crippen molar-refractivity contribution in [3.05, 3.63) is 0 Å². The summed E-state index contributed by atoms with van der Waals surface area (Å²) in [5, 5.41) is 12.2. The Morgan fingerprint density at radius 1 is 1.05 bits per heavy atom. The number of hydrogen-bond donors (Lipinski definition) is 2. The van der Waals surface area contributed by atoms with E-state index in [0.717, 1.165) is 31.6 Å². The standard InChI is InChI=1S/C15H25NO3/c1-2-10-6-8-11(9-7-10)16-14(17)12-4-3-5-13(12)15(18)19/h10-13H,2-9H2,1H3,(H,16,17)(H,18,19). The maximum absolute atomic E-state index is 12.2. The fourth-order valence-electron chi connectivity index (χ4n) is 3.59. The van der Waals surface area contributed by atoms with Crippen LogP contribution in [0.4, 0.5) is 0 Å². The Morgan fingerprint density at radius 2 is 1.68 bits per heavy atom. The number of nitrogens with one attached hydrogen (secondary N) is 1. The average Bonchev–Trinajstić information content (AvgIpc) is 2.89. The van der Waals surface area contributed by atoms with Gasteiger partial charge in [-0.2, -0.15) is 0 Å². The van der Waals surface area contributed by atoms with E-state index >= 15 is 0 Å². The van der Waals surface area contributed by atoms with E-state index in [2.05, 4.69) is 12.2 Å². The van der Waals surface area contributed by atoms with Gasteiger partial charge < -0.3 is 10.4 Å². The van der Waals surface area contributed by atoms with E-state index in [1.807, 2.05) is 0 Å². The highest BCUT2D eigenvalue weighted by molar-refractivity contribution is 5.85. The molecule has 0 spiro atoms. The third-order valence-electron chi connectivity index (χ3n) is 4.94. The molecule has 2 unspecified atom stereocenters. The SMILES string of the molecule is CCC1CCC(NC(=O)C2CCCC2C(=O)O)CC1. The fraction of sp³-hybridized carbons (Fsp3) is 0.867. The zero-order valence-corrected chi connectivity index (χ0v) is 11.7. The summed E-state index contributed by atoms with van der Waals surface area (Å²) in [6, 6.07) is 0.269. The lowest BCUT2D eigenvalue weighted by Gasteiger charge is -2.29. The van der Waals surface area contributed by atoms with Gasteiger partial charge in [-0.05, 0) is 44.4 Å². The van der Waals surface area contributed by atoms with Gasteiger partial charge in [-0.1, -0.05) is 19.8 Å². The van der Waals surface area contributed by atoms with Crippen LogP contribution >= 0.6 is 0 Å². The molecule has 2 rings (SSSR count). The third-order valence-corrected chi connectivity index (χ3v) is 4.94. The van der Waals surface area contributed by atoms with E-state index in [-0.39, 0.29) is 17.9 Å². The van der Waals surface area contributed by atoms with Crippen molar-refractivity contribution in [2.45, 2.75) is 64.3 Å². The van der Waals surface area contributed by atoms with Gasteiger partial charge in [0.05, 0.1) is 11.8 Å². The number of rotatable bonds is 4. The van der Waals surface area contributed by atoms with Crippen molar-refractivity contribution in [1.82, 2.24) is 5.32 Å². The van der Waals surface area contributed by atoms with Gasteiger partial charge in [-0.25, -0.2) is 0 Å². The summed E-state index contributed by atoms with van der Waals surface area (Å²) >= 11 is 0. The topological polar surface area (TPSA) is 66.4 Å². The monoisotopic (exact) mass is 267 g/mol. The highest BCUT2D eigenvalue weighted by Crippen LogP contribution is 2.33. The molecule has 0 aliphatic heterocycles. The van der Waals surface area contributed by atoms with Crippen molar-refractivity contribution in [3.63, 3.8) is 0 Å². The van der Waals surface area contributed by atoms with Crippen molar-refractivity contribution in [3.8, 4) is 0 Å². The Labute approximate surface area is 115 Å². The highest BCUT2D eigenvalue weighted by atomic mass is 16.4. The van der Waals surface area contributed by atoms with Crippen molar-refractivity contribution in [2.75, 3.05) is 0 Å². The summed E-state index contributed by atoms with van der Waals surface area (Å²) in [7, 11) is 0. The van der Waals surface area contributed by atoms with Gasteiger partial charge in [0.15, 0.2) is 0 Å². The molecule has 0 aromatic carbocycles. The molecule has 2 saturated carbocycles. The van der Waals surface area contributed by atoms with Crippen LogP contribution in [0.1, 0.15) is 58.3 Å².